The van der Waals surface area contributed by atoms with Gasteiger partial charge in [0, 0.05) is 19.2 Å². The lowest BCUT2D eigenvalue weighted by Gasteiger charge is -2.08. The van der Waals surface area contributed by atoms with Gasteiger partial charge in [-0.1, -0.05) is 11.8 Å². The number of hydrogen-bond acceptors (Lipinski definition) is 4. The molecule has 0 bridgehead atoms. The van der Waals surface area contributed by atoms with E-state index in [9.17, 15) is 18.4 Å². The Morgan fingerprint density at radius 1 is 1.33 bits per heavy atom. The van der Waals surface area contributed by atoms with Crippen molar-refractivity contribution in [1.29, 1.82) is 0 Å². The molecule has 21 heavy (non-hydrogen) atoms. The van der Waals surface area contributed by atoms with Gasteiger partial charge < -0.3 is 10.3 Å². The number of amides is 3. The number of fused-ring (bicyclic) bond motifs is 1. The fourth-order valence-electron chi connectivity index (χ4n) is 1.53. The quantitative estimate of drug-likeness (QED) is 0.754. The van der Waals surface area contributed by atoms with Crippen molar-refractivity contribution in [2.45, 2.75) is 17.3 Å². The predicted octanol–water partition coefficient (Wildman–Crippen LogP) is 1.78. The van der Waals surface area contributed by atoms with Gasteiger partial charge >= 0.3 is 6.03 Å². The first-order valence-electron chi connectivity index (χ1n) is 5.94. The number of H-pyrrole nitrogens is 1. The number of imide groups is 1. The van der Waals surface area contributed by atoms with Gasteiger partial charge in [-0.15, -0.1) is 0 Å². The van der Waals surface area contributed by atoms with E-state index in [1.165, 1.54) is 7.05 Å². The fourth-order valence-corrected chi connectivity index (χ4v) is 2.36. The van der Waals surface area contributed by atoms with Crippen LogP contribution in [0.25, 0.3) is 11.0 Å². The summed E-state index contributed by atoms with van der Waals surface area (Å²) in [7, 11) is 1.39. The predicted molar refractivity (Wildman–Crippen MR) is 73.9 cm³/mol. The molecule has 2 rings (SSSR count). The lowest BCUT2D eigenvalue weighted by Crippen LogP contribution is -2.41. The molecule has 0 saturated heterocycles. The smallest absolute Gasteiger partial charge is 0.321 e. The lowest BCUT2D eigenvalue weighted by atomic mass is 10.3. The van der Waals surface area contributed by atoms with Gasteiger partial charge in [0.25, 0.3) is 0 Å². The van der Waals surface area contributed by atoms with Crippen LogP contribution in [-0.4, -0.2) is 34.2 Å². The van der Waals surface area contributed by atoms with Crippen molar-refractivity contribution in [2.75, 3.05) is 7.05 Å². The molecular weight excluding hydrogens is 302 g/mol. The monoisotopic (exact) mass is 314 g/mol. The zero-order chi connectivity index (χ0) is 15.6. The number of hydrogen-bond donors (Lipinski definition) is 3. The molecule has 0 aliphatic rings. The number of halogens is 2. The van der Waals surface area contributed by atoms with E-state index in [-0.39, 0.29) is 5.52 Å². The first-order chi connectivity index (χ1) is 9.90. The highest BCUT2D eigenvalue weighted by Crippen LogP contribution is 2.24. The van der Waals surface area contributed by atoms with Crippen molar-refractivity contribution in [3.8, 4) is 0 Å². The maximum atomic E-state index is 13.1. The molecule has 3 amide bonds. The number of urea groups is 1. The minimum Gasteiger partial charge on any atom is -0.341 e. The van der Waals surface area contributed by atoms with E-state index < -0.39 is 28.8 Å². The molecule has 1 aromatic heterocycles. The minimum absolute atomic E-state index is 0.260. The Hall–Kier alpha value is -2.16. The van der Waals surface area contributed by atoms with E-state index in [1.807, 2.05) is 0 Å². The zero-order valence-electron chi connectivity index (χ0n) is 11.2. The van der Waals surface area contributed by atoms with Crippen LogP contribution in [0.5, 0.6) is 0 Å². The second kappa shape index (κ2) is 6.08. The van der Waals surface area contributed by atoms with Crippen LogP contribution in [0.15, 0.2) is 17.3 Å². The first-order valence-corrected chi connectivity index (χ1v) is 6.82. The van der Waals surface area contributed by atoms with Crippen molar-refractivity contribution in [1.82, 2.24) is 20.6 Å². The molecule has 6 nitrogen and oxygen atoms in total. The van der Waals surface area contributed by atoms with Gasteiger partial charge in [-0.3, -0.25) is 10.1 Å². The number of nitrogens with zero attached hydrogens (tertiary/aromatic N) is 1. The summed E-state index contributed by atoms with van der Waals surface area (Å²) in [6, 6.07) is 1.36. The number of carbonyl (C=O) groups is 2. The highest BCUT2D eigenvalue weighted by molar-refractivity contribution is 8.00. The molecule has 1 aromatic carbocycles. The van der Waals surface area contributed by atoms with Gasteiger partial charge in [-0.05, 0) is 6.92 Å². The summed E-state index contributed by atoms with van der Waals surface area (Å²) < 4.78 is 26.2. The number of nitrogens with one attached hydrogen (secondary N) is 3. The molecule has 1 atom stereocenters. The number of imidazole rings is 1. The summed E-state index contributed by atoms with van der Waals surface area (Å²) in [5.41, 5.74) is 0.589. The number of thioether (sulfide) groups is 1. The highest BCUT2D eigenvalue weighted by atomic mass is 32.2. The summed E-state index contributed by atoms with van der Waals surface area (Å²) in [5, 5.41) is 4.11. The van der Waals surface area contributed by atoms with Gasteiger partial charge in [-0.2, -0.15) is 0 Å². The molecule has 1 heterocycles. The molecule has 3 N–H and O–H groups in total. The molecule has 0 saturated carbocycles. The number of rotatable bonds is 3. The zero-order valence-corrected chi connectivity index (χ0v) is 12.0. The minimum atomic E-state index is -0.990. The molecule has 0 radical (unpaired) electrons. The van der Waals surface area contributed by atoms with Crippen LogP contribution in [0.3, 0.4) is 0 Å². The fraction of sp³-hybridized carbons (Fsp3) is 0.250. The number of aromatic nitrogens is 2. The molecule has 112 valence electrons. The molecule has 2 aromatic rings. The molecule has 0 aliphatic heterocycles. The van der Waals surface area contributed by atoms with Gasteiger partial charge in [0.05, 0.1) is 16.3 Å². The van der Waals surface area contributed by atoms with Crippen molar-refractivity contribution >= 4 is 34.7 Å². The van der Waals surface area contributed by atoms with Crippen LogP contribution < -0.4 is 10.6 Å². The number of aromatic amines is 1. The average molecular weight is 314 g/mol. The van der Waals surface area contributed by atoms with Crippen LogP contribution in [0.2, 0.25) is 0 Å². The summed E-state index contributed by atoms with van der Waals surface area (Å²) in [6.45, 7) is 1.58. The molecular formula is C12H12F2N4O2S. The van der Waals surface area contributed by atoms with Gasteiger partial charge in [0.1, 0.15) is 0 Å². The maximum absolute atomic E-state index is 13.1. The Morgan fingerprint density at radius 3 is 2.67 bits per heavy atom. The van der Waals surface area contributed by atoms with Crippen LogP contribution in [0, 0.1) is 11.6 Å². The second-order valence-electron chi connectivity index (χ2n) is 4.15. The standard InChI is InChI=1S/C12H12F2N4O2S/c1-5(10(19)18-11(20)15-2)21-12-16-8-3-6(13)7(14)4-9(8)17-12/h3-5H,1-2H3,(H,16,17)(H2,15,18,19,20). The highest BCUT2D eigenvalue weighted by Gasteiger charge is 2.18. The third-order valence-corrected chi connectivity index (χ3v) is 3.61. The van der Waals surface area contributed by atoms with E-state index in [0.717, 1.165) is 23.9 Å². The van der Waals surface area contributed by atoms with E-state index in [2.05, 4.69) is 20.6 Å². The average Bonchev–Trinajstić information content (AvgIpc) is 2.80. The third kappa shape index (κ3) is 3.48. The Kier molecular flexibility index (Phi) is 4.41. The summed E-state index contributed by atoms with van der Waals surface area (Å²) in [6.07, 6.45) is 0. The Bertz CT molecular complexity index is 665. The van der Waals surface area contributed by atoms with Crippen LogP contribution in [0.1, 0.15) is 6.92 Å². The van der Waals surface area contributed by atoms with E-state index in [1.54, 1.807) is 6.92 Å². The molecule has 0 aliphatic carbocycles. The second-order valence-corrected chi connectivity index (χ2v) is 5.48. The number of carbonyl (C=O) groups excluding carboxylic acids is 2. The summed E-state index contributed by atoms with van der Waals surface area (Å²) >= 11 is 1.04. The van der Waals surface area contributed by atoms with Gasteiger partial charge in [-0.25, -0.2) is 18.6 Å². The van der Waals surface area contributed by atoms with Crippen LogP contribution >= 0.6 is 11.8 Å². The van der Waals surface area contributed by atoms with Crippen molar-refractivity contribution in [2.24, 2.45) is 0 Å². The topological polar surface area (TPSA) is 86.9 Å². The molecule has 0 spiro atoms. The Balaban J connectivity index is 2.12. The molecule has 9 heteroatoms. The Morgan fingerprint density at radius 2 is 2.00 bits per heavy atom. The van der Waals surface area contributed by atoms with Crippen molar-refractivity contribution in [3.63, 3.8) is 0 Å². The normalized spacial score (nSPS) is 12.2. The van der Waals surface area contributed by atoms with Crippen molar-refractivity contribution in [3.05, 3.63) is 23.8 Å². The third-order valence-electron chi connectivity index (χ3n) is 2.62. The largest absolute Gasteiger partial charge is 0.341 e. The number of benzene rings is 1. The maximum Gasteiger partial charge on any atom is 0.321 e. The van der Waals surface area contributed by atoms with Crippen LogP contribution in [0.4, 0.5) is 13.6 Å². The van der Waals surface area contributed by atoms with E-state index >= 15 is 0 Å². The SMILES string of the molecule is CNC(=O)NC(=O)C(C)Sc1nc2cc(F)c(F)cc2[nH]1. The van der Waals surface area contributed by atoms with Crippen LogP contribution in [-0.2, 0) is 4.79 Å². The van der Waals surface area contributed by atoms with Crippen molar-refractivity contribution < 1.29 is 18.4 Å². The van der Waals surface area contributed by atoms with Gasteiger partial charge in [0.2, 0.25) is 5.91 Å². The van der Waals surface area contributed by atoms with Gasteiger partial charge in [0.15, 0.2) is 16.8 Å². The molecule has 1 unspecified atom stereocenters. The van der Waals surface area contributed by atoms with E-state index in [4.69, 9.17) is 0 Å². The molecule has 0 fully saturated rings. The first kappa shape index (κ1) is 15.2. The Labute approximate surface area is 122 Å². The summed E-state index contributed by atoms with van der Waals surface area (Å²) in [4.78, 5) is 29.6. The summed E-state index contributed by atoms with van der Waals surface area (Å²) in [5.74, 6) is -2.47. The van der Waals surface area contributed by atoms with E-state index in [0.29, 0.717) is 10.7 Å². The lowest BCUT2D eigenvalue weighted by molar-refractivity contribution is -0.119.